The number of aryl methyl sites for hydroxylation is 1. The monoisotopic (exact) mass is 432 g/mol. The van der Waals surface area contributed by atoms with Gasteiger partial charge in [0, 0.05) is 23.2 Å². The van der Waals surface area contributed by atoms with E-state index in [4.69, 9.17) is 0 Å². The summed E-state index contributed by atoms with van der Waals surface area (Å²) in [7, 11) is 0. The molecule has 1 N–H and O–H groups in total. The Bertz CT molecular complexity index is 1350. The summed E-state index contributed by atoms with van der Waals surface area (Å²) < 4.78 is 30.9. The van der Waals surface area contributed by atoms with Gasteiger partial charge in [0.05, 0.1) is 11.6 Å². The number of phenols is 1. The Kier molecular flexibility index (Phi) is 5.86. The van der Waals surface area contributed by atoms with Gasteiger partial charge in [-0.2, -0.15) is 0 Å². The molecule has 0 fully saturated rings. The predicted octanol–water partition coefficient (Wildman–Crippen LogP) is 5.34. The molecule has 1 aromatic heterocycles. The smallest absolute Gasteiger partial charge is 0.257 e. The summed E-state index contributed by atoms with van der Waals surface area (Å²) in [6.45, 7) is 3.36. The highest BCUT2D eigenvalue weighted by Gasteiger charge is 2.26. The highest BCUT2D eigenvalue weighted by Crippen LogP contribution is 2.33. The van der Waals surface area contributed by atoms with Gasteiger partial charge < -0.3 is 5.11 Å². The minimum Gasteiger partial charge on any atom is -0.507 e. The molecule has 0 amide bonds. The molecular weight excluding hydrogens is 410 g/mol. The van der Waals surface area contributed by atoms with Crippen molar-refractivity contribution in [1.29, 1.82) is 0 Å². The predicted molar refractivity (Wildman–Crippen MR) is 120 cm³/mol. The van der Waals surface area contributed by atoms with E-state index in [1.165, 1.54) is 22.8 Å². The number of aromatic hydroxyl groups is 1. The number of halogens is 2. The van der Waals surface area contributed by atoms with Gasteiger partial charge in [-0.25, -0.2) is 13.8 Å². The summed E-state index contributed by atoms with van der Waals surface area (Å²) in [5, 5.41) is 10.5. The number of hydrogen-bond acceptors (Lipinski definition) is 3. The maximum atomic E-state index is 15.0. The Balaban J connectivity index is 2.04. The van der Waals surface area contributed by atoms with Crippen molar-refractivity contribution >= 4 is 0 Å². The fourth-order valence-electron chi connectivity index (χ4n) is 3.83. The van der Waals surface area contributed by atoms with Gasteiger partial charge in [0.25, 0.3) is 5.56 Å². The second kappa shape index (κ2) is 8.75. The number of hydrogen-bond donors (Lipinski definition) is 1. The molecule has 32 heavy (non-hydrogen) atoms. The first-order valence-corrected chi connectivity index (χ1v) is 10.2. The first-order valence-electron chi connectivity index (χ1n) is 10.2. The van der Waals surface area contributed by atoms with Crippen molar-refractivity contribution in [2.24, 2.45) is 0 Å². The van der Waals surface area contributed by atoms with Crippen molar-refractivity contribution < 1.29 is 13.9 Å². The molecule has 3 aromatic carbocycles. The van der Waals surface area contributed by atoms with Crippen LogP contribution in [0.25, 0.3) is 11.4 Å². The van der Waals surface area contributed by atoms with Gasteiger partial charge in [-0.1, -0.05) is 48.5 Å². The van der Waals surface area contributed by atoms with E-state index >= 15 is 0 Å². The molecule has 0 saturated heterocycles. The molecule has 0 aliphatic rings. The molecule has 4 aromatic rings. The normalized spacial score (nSPS) is 12.0. The minimum absolute atomic E-state index is 0.0261. The van der Waals surface area contributed by atoms with Crippen LogP contribution < -0.4 is 5.56 Å². The van der Waals surface area contributed by atoms with Crippen LogP contribution in [0.5, 0.6) is 5.75 Å². The van der Waals surface area contributed by atoms with Crippen LogP contribution in [0.2, 0.25) is 0 Å². The van der Waals surface area contributed by atoms with Gasteiger partial charge in [-0.3, -0.25) is 9.36 Å². The van der Waals surface area contributed by atoms with Crippen LogP contribution in [0.3, 0.4) is 0 Å². The molecule has 0 bridgehead atoms. The Morgan fingerprint density at radius 3 is 2.22 bits per heavy atom. The number of rotatable bonds is 5. The molecule has 0 aliphatic carbocycles. The number of phenolic OH excluding ortho intramolecular Hbond substituents is 1. The van der Waals surface area contributed by atoms with Gasteiger partial charge in [0.1, 0.15) is 23.2 Å². The molecule has 0 saturated carbocycles. The molecule has 1 atom stereocenters. The van der Waals surface area contributed by atoms with Crippen molar-refractivity contribution in [3.63, 3.8) is 0 Å². The molecule has 4 rings (SSSR count). The zero-order valence-corrected chi connectivity index (χ0v) is 17.7. The average molecular weight is 432 g/mol. The van der Waals surface area contributed by atoms with E-state index in [1.54, 1.807) is 68.4 Å². The Morgan fingerprint density at radius 1 is 0.906 bits per heavy atom. The van der Waals surface area contributed by atoms with Crippen molar-refractivity contribution in [3.8, 4) is 17.1 Å². The SMILES string of the molecule is Cc1nc(-c2ccccc2O)n(C(Cc2ccccc2F)c2ccccc2F)c(=O)c1C. The third kappa shape index (κ3) is 3.91. The largest absolute Gasteiger partial charge is 0.507 e. The van der Waals surface area contributed by atoms with E-state index in [2.05, 4.69) is 4.98 Å². The number of benzene rings is 3. The van der Waals surface area contributed by atoms with Gasteiger partial charge in [0.2, 0.25) is 0 Å². The zero-order chi connectivity index (χ0) is 22.8. The maximum Gasteiger partial charge on any atom is 0.257 e. The summed E-state index contributed by atoms with van der Waals surface area (Å²) in [4.78, 5) is 18.1. The Labute approximate surface area is 184 Å². The first-order chi connectivity index (χ1) is 15.4. The minimum atomic E-state index is -0.887. The van der Waals surface area contributed by atoms with Crippen LogP contribution in [-0.4, -0.2) is 14.7 Å². The topological polar surface area (TPSA) is 55.1 Å². The summed E-state index contributed by atoms with van der Waals surface area (Å²) in [6, 6.07) is 18.0. The lowest BCUT2D eigenvalue weighted by Crippen LogP contribution is -2.32. The second-order valence-electron chi connectivity index (χ2n) is 7.67. The lowest BCUT2D eigenvalue weighted by atomic mass is 9.96. The van der Waals surface area contributed by atoms with Crippen LogP contribution >= 0.6 is 0 Å². The summed E-state index contributed by atoms with van der Waals surface area (Å²) in [6.07, 6.45) is 0.0261. The maximum absolute atomic E-state index is 15.0. The highest BCUT2D eigenvalue weighted by atomic mass is 19.1. The van der Waals surface area contributed by atoms with E-state index in [0.29, 0.717) is 22.4 Å². The first kappa shape index (κ1) is 21.4. The van der Waals surface area contributed by atoms with E-state index in [0.717, 1.165) is 0 Å². The molecule has 0 spiro atoms. The quantitative estimate of drug-likeness (QED) is 0.463. The average Bonchev–Trinajstić information content (AvgIpc) is 2.78. The van der Waals surface area contributed by atoms with Crippen LogP contribution in [0, 0.1) is 25.5 Å². The number of nitrogens with zero attached hydrogens (tertiary/aromatic N) is 2. The molecule has 162 valence electrons. The van der Waals surface area contributed by atoms with Gasteiger partial charge in [0.15, 0.2) is 0 Å². The number of para-hydroxylation sites is 1. The molecule has 0 radical (unpaired) electrons. The van der Waals surface area contributed by atoms with E-state index in [1.807, 2.05) is 0 Å². The zero-order valence-electron chi connectivity index (χ0n) is 17.7. The lowest BCUT2D eigenvalue weighted by molar-refractivity contribution is 0.472. The highest BCUT2D eigenvalue weighted by molar-refractivity contribution is 5.64. The van der Waals surface area contributed by atoms with Crippen LogP contribution in [0.4, 0.5) is 8.78 Å². The fraction of sp³-hybridized carbons (Fsp3) is 0.154. The summed E-state index contributed by atoms with van der Waals surface area (Å²) >= 11 is 0. The third-order valence-corrected chi connectivity index (χ3v) is 5.68. The van der Waals surface area contributed by atoms with Gasteiger partial charge in [-0.15, -0.1) is 0 Å². The van der Waals surface area contributed by atoms with Crippen molar-refractivity contribution in [2.75, 3.05) is 0 Å². The fourth-order valence-corrected chi connectivity index (χ4v) is 3.83. The summed E-state index contributed by atoms with van der Waals surface area (Å²) in [5.74, 6) is -0.819. The van der Waals surface area contributed by atoms with Gasteiger partial charge in [-0.05, 0) is 43.7 Å². The van der Waals surface area contributed by atoms with E-state index in [-0.39, 0.29) is 29.1 Å². The van der Waals surface area contributed by atoms with Crippen molar-refractivity contribution in [2.45, 2.75) is 26.3 Å². The standard InChI is InChI=1S/C26H22F2N2O2/c1-16-17(2)29-25(20-11-5-8-14-24(20)31)30(26(16)32)23(19-10-4-7-13-22(19)28)15-18-9-3-6-12-21(18)27/h3-14,23,31H,15H2,1-2H3. The molecular formula is C26H22F2N2O2. The molecule has 0 aliphatic heterocycles. The van der Waals surface area contributed by atoms with Crippen LogP contribution in [-0.2, 0) is 6.42 Å². The number of aromatic nitrogens is 2. The van der Waals surface area contributed by atoms with E-state index in [9.17, 15) is 18.7 Å². The third-order valence-electron chi connectivity index (χ3n) is 5.68. The van der Waals surface area contributed by atoms with Crippen molar-refractivity contribution in [1.82, 2.24) is 9.55 Å². The summed E-state index contributed by atoms with van der Waals surface area (Å²) in [5.41, 5.74) is 1.44. The molecule has 1 heterocycles. The van der Waals surface area contributed by atoms with Crippen LogP contribution in [0.1, 0.15) is 28.4 Å². The van der Waals surface area contributed by atoms with Gasteiger partial charge >= 0.3 is 0 Å². The Morgan fingerprint density at radius 2 is 1.53 bits per heavy atom. The molecule has 6 heteroatoms. The second-order valence-corrected chi connectivity index (χ2v) is 7.67. The Hall–Kier alpha value is -3.80. The van der Waals surface area contributed by atoms with Crippen LogP contribution in [0.15, 0.2) is 77.6 Å². The van der Waals surface area contributed by atoms with E-state index < -0.39 is 17.7 Å². The molecule has 1 unspecified atom stereocenters. The lowest BCUT2D eigenvalue weighted by Gasteiger charge is -2.25. The van der Waals surface area contributed by atoms with Crippen molar-refractivity contribution in [3.05, 3.63) is 117 Å². The molecule has 4 nitrogen and oxygen atoms in total.